The van der Waals surface area contributed by atoms with Crippen LogP contribution in [0.1, 0.15) is 17.4 Å². The smallest absolute Gasteiger partial charge is 0.203 e. The van der Waals surface area contributed by atoms with Gasteiger partial charge in [-0.05, 0) is 29.8 Å². The lowest BCUT2D eigenvalue weighted by Gasteiger charge is -2.16. The van der Waals surface area contributed by atoms with Crippen molar-refractivity contribution in [2.45, 2.75) is 6.10 Å². The predicted octanol–water partition coefficient (Wildman–Crippen LogP) is 2.19. The van der Waals surface area contributed by atoms with Crippen molar-refractivity contribution in [3.63, 3.8) is 0 Å². The number of pyridine rings is 1. The van der Waals surface area contributed by atoms with E-state index in [4.69, 9.17) is 14.2 Å². The molecule has 2 rings (SSSR count). The molecule has 5 nitrogen and oxygen atoms in total. The molecule has 0 fully saturated rings. The van der Waals surface area contributed by atoms with Gasteiger partial charge < -0.3 is 19.3 Å². The van der Waals surface area contributed by atoms with Crippen LogP contribution in [0.5, 0.6) is 17.2 Å². The molecule has 0 bridgehead atoms. The zero-order chi connectivity index (χ0) is 14.5. The average Bonchev–Trinajstić information content (AvgIpc) is 2.53. The molecule has 2 aromatic rings. The SMILES string of the molecule is COc1cc(C(O)c2ccccn2)cc(OC)c1OC. The molecule has 5 heteroatoms. The van der Waals surface area contributed by atoms with Crippen molar-refractivity contribution in [3.05, 3.63) is 47.8 Å². The van der Waals surface area contributed by atoms with E-state index in [2.05, 4.69) is 4.98 Å². The van der Waals surface area contributed by atoms with Gasteiger partial charge in [-0.15, -0.1) is 0 Å². The van der Waals surface area contributed by atoms with Crippen molar-refractivity contribution in [1.29, 1.82) is 0 Å². The number of hydrogen-bond donors (Lipinski definition) is 1. The topological polar surface area (TPSA) is 60.8 Å². The Kier molecular flexibility index (Phi) is 4.42. The minimum absolute atomic E-state index is 0.493. The highest BCUT2D eigenvalue weighted by molar-refractivity contribution is 5.54. The normalized spacial score (nSPS) is 11.8. The number of nitrogens with zero attached hydrogens (tertiary/aromatic N) is 1. The molecule has 0 spiro atoms. The second kappa shape index (κ2) is 6.25. The minimum Gasteiger partial charge on any atom is -0.493 e. The molecule has 0 aliphatic rings. The highest BCUT2D eigenvalue weighted by Gasteiger charge is 2.18. The van der Waals surface area contributed by atoms with Crippen LogP contribution < -0.4 is 14.2 Å². The fourth-order valence-electron chi connectivity index (χ4n) is 1.97. The number of aliphatic hydroxyl groups is 1. The molecule has 1 atom stereocenters. The molecule has 1 unspecified atom stereocenters. The first-order chi connectivity index (χ1) is 9.71. The van der Waals surface area contributed by atoms with E-state index >= 15 is 0 Å². The summed E-state index contributed by atoms with van der Waals surface area (Å²) in [6.45, 7) is 0. The maximum absolute atomic E-state index is 10.4. The van der Waals surface area contributed by atoms with Crippen LogP contribution in [0, 0.1) is 0 Å². The number of ether oxygens (including phenoxy) is 3. The summed E-state index contributed by atoms with van der Waals surface area (Å²) < 4.78 is 15.8. The van der Waals surface area contributed by atoms with Crippen molar-refractivity contribution in [3.8, 4) is 17.2 Å². The molecule has 1 aromatic carbocycles. The van der Waals surface area contributed by atoms with Crippen LogP contribution in [-0.4, -0.2) is 31.4 Å². The minimum atomic E-state index is -0.857. The van der Waals surface area contributed by atoms with Crippen molar-refractivity contribution < 1.29 is 19.3 Å². The van der Waals surface area contributed by atoms with E-state index in [1.165, 1.54) is 21.3 Å². The summed E-state index contributed by atoms with van der Waals surface area (Å²) >= 11 is 0. The fourth-order valence-corrected chi connectivity index (χ4v) is 1.97. The maximum Gasteiger partial charge on any atom is 0.203 e. The van der Waals surface area contributed by atoms with Gasteiger partial charge in [-0.3, -0.25) is 4.98 Å². The summed E-state index contributed by atoms with van der Waals surface area (Å²) in [5, 5.41) is 10.4. The third kappa shape index (κ3) is 2.67. The highest BCUT2D eigenvalue weighted by atomic mass is 16.5. The quantitative estimate of drug-likeness (QED) is 0.906. The zero-order valence-electron chi connectivity index (χ0n) is 11.7. The zero-order valence-corrected chi connectivity index (χ0v) is 11.7. The molecule has 1 aromatic heterocycles. The molecule has 1 heterocycles. The number of aliphatic hydroxyl groups excluding tert-OH is 1. The molecule has 1 N–H and O–H groups in total. The molecule has 0 amide bonds. The molecular formula is C15H17NO4. The van der Waals surface area contributed by atoms with Gasteiger partial charge >= 0.3 is 0 Å². The Morgan fingerprint density at radius 2 is 1.65 bits per heavy atom. The summed E-state index contributed by atoms with van der Waals surface area (Å²) in [6, 6.07) is 8.80. The van der Waals surface area contributed by atoms with E-state index in [1.807, 2.05) is 6.07 Å². The third-order valence-electron chi connectivity index (χ3n) is 2.97. The van der Waals surface area contributed by atoms with E-state index in [9.17, 15) is 5.11 Å². The van der Waals surface area contributed by atoms with Crippen LogP contribution in [0.4, 0.5) is 0 Å². The Morgan fingerprint density at radius 1 is 1.00 bits per heavy atom. The summed E-state index contributed by atoms with van der Waals surface area (Å²) in [4.78, 5) is 4.15. The molecule has 0 aliphatic heterocycles. The number of aromatic nitrogens is 1. The highest BCUT2D eigenvalue weighted by Crippen LogP contribution is 2.40. The first-order valence-corrected chi connectivity index (χ1v) is 6.10. The molecule has 0 saturated carbocycles. The number of hydrogen-bond acceptors (Lipinski definition) is 5. The number of rotatable bonds is 5. The molecule has 20 heavy (non-hydrogen) atoms. The molecule has 106 valence electrons. The second-order valence-electron chi connectivity index (χ2n) is 4.12. The van der Waals surface area contributed by atoms with Gasteiger partial charge in [0.05, 0.1) is 27.0 Å². The van der Waals surface area contributed by atoms with Crippen LogP contribution in [0.2, 0.25) is 0 Å². The van der Waals surface area contributed by atoms with Crippen molar-refractivity contribution in [2.75, 3.05) is 21.3 Å². The van der Waals surface area contributed by atoms with Crippen molar-refractivity contribution in [2.24, 2.45) is 0 Å². The Labute approximate surface area is 117 Å². The standard InChI is InChI=1S/C15H17NO4/c1-18-12-8-10(9-13(19-2)15(12)20-3)14(17)11-6-4-5-7-16-11/h4-9,14,17H,1-3H3. The molecule has 0 saturated heterocycles. The van der Waals surface area contributed by atoms with Gasteiger partial charge in [-0.25, -0.2) is 0 Å². The van der Waals surface area contributed by atoms with Crippen molar-refractivity contribution in [1.82, 2.24) is 4.98 Å². The van der Waals surface area contributed by atoms with Gasteiger partial charge in [0.1, 0.15) is 6.10 Å². The first-order valence-electron chi connectivity index (χ1n) is 6.10. The lowest BCUT2D eigenvalue weighted by atomic mass is 10.0. The first kappa shape index (κ1) is 14.1. The van der Waals surface area contributed by atoms with Crippen LogP contribution in [0.25, 0.3) is 0 Å². The maximum atomic E-state index is 10.4. The Balaban J connectivity index is 2.47. The van der Waals surface area contributed by atoms with Crippen LogP contribution in [-0.2, 0) is 0 Å². The summed E-state index contributed by atoms with van der Waals surface area (Å²) in [7, 11) is 4.61. The van der Waals surface area contributed by atoms with E-state index in [1.54, 1.807) is 30.5 Å². The fraction of sp³-hybridized carbons (Fsp3) is 0.267. The largest absolute Gasteiger partial charge is 0.493 e. The summed E-state index contributed by atoms with van der Waals surface area (Å²) in [5.41, 5.74) is 1.18. The molecule has 0 radical (unpaired) electrons. The van der Waals surface area contributed by atoms with Crippen molar-refractivity contribution >= 4 is 0 Å². The van der Waals surface area contributed by atoms with E-state index < -0.39 is 6.10 Å². The number of methoxy groups -OCH3 is 3. The lowest BCUT2D eigenvalue weighted by Crippen LogP contribution is -2.04. The summed E-state index contributed by atoms with van der Waals surface area (Å²) in [6.07, 6.45) is 0.779. The van der Waals surface area contributed by atoms with Crippen LogP contribution in [0.15, 0.2) is 36.5 Å². The predicted molar refractivity (Wildman–Crippen MR) is 74.4 cm³/mol. The number of benzene rings is 1. The monoisotopic (exact) mass is 275 g/mol. The van der Waals surface area contributed by atoms with Crippen LogP contribution in [0.3, 0.4) is 0 Å². The van der Waals surface area contributed by atoms with Gasteiger partial charge in [0.15, 0.2) is 11.5 Å². The Bertz CT molecular complexity index is 546. The Morgan fingerprint density at radius 3 is 2.10 bits per heavy atom. The van der Waals surface area contributed by atoms with E-state index in [0.29, 0.717) is 28.5 Å². The van der Waals surface area contributed by atoms with Gasteiger partial charge in [0, 0.05) is 6.20 Å². The van der Waals surface area contributed by atoms with Gasteiger partial charge in [0.2, 0.25) is 5.75 Å². The third-order valence-corrected chi connectivity index (χ3v) is 2.97. The Hall–Kier alpha value is -2.27. The van der Waals surface area contributed by atoms with Gasteiger partial charge in [-0.1, -0.05) is 6.07 Å². The molecular weight excluding hydrogens is 258 g/mol. The molecule has 0 aliphatic carbocycles. The van der Waals surface area contributed by atoms with Gasteiger partial charge in [0.25, 0.3) is 0 Å². The van der Waals surface area contributed by atoms with Gasteiger partial charge in [-0.2, -0.15) is 0 Å². The summed E-state index contributed by atoms with van der Waals surface area (Å²) in [5.74, 6) is 1.49. The second-order valence-corrected chi connectivity index (χ2v) is 4.12. The van der Waals surface area contributed by atoms with E-state index in [-0.39, 0.29) is 0 Å². The average molecular weight is 275 g/mol. The van der Waals surface area contributed by atoms with E-state index in [0.717, 1.165) is 0 Å². The lowest BCUT2D eigenvalue weighted by molar-refractivity contribution is 0.213. The van der Waals surface area contributed by atoms with Crippen LogP contribution >= 0.6 is 0 Å².